The van der Waals surface area contributed by atoms with Gasteiger partial charge in [0.15, 0.2) is 18.3 Å². The van der Waals surface area contributed by atoms with Crippen LogP contribution in [0.15, 0.2) is 0 Å². The molecule has 0 bridgehead atoms. The SMILES string of the molecule is O=C(OB(OC(=O)[C@H](O)[C@@H](O)[C@H](O)[C@H](O)CO)OC(=O)[C@H](O)[C@@H](O)[C@H](O)[C@H](O)CO)[C@H](O)[C@@H](O)[C@H](O)[C@H](O)CO.O=C([O-])[C@H](O)[C@@H](O)[C@H](O)[C@H](O)CO.O=C([O-])[C@H](O)[C@@H](O)[C@H](O)[C@H](O)CO.[Ca+2]. The molecule has 0 aromatic heterocycles. The van der Waals surface area contributed by atoms with Crippen LogP contribution in [0.25, 0.3) is 0 Å². The molecule has 67 heavy (non-hydrogen) atoms. The van der Waals surface area contributed by atoms with Gasteiger partial charge in [-0.25, -0.2) is 0 Å². The molecule has 0 rings (SSSR count). The quantitative estimate of drug-likeness (QED) is 0.0324. The molecule has 0 radical (unpaired) electrons. The normalized spacial score (nSPS) is 20.3. The van der Waals surface area contributed by atoms with Crippen molar-refractivity contribution in [2.45, 2.75) is 122 Å². The van der Waals surface area contributed by atoms with Gasteiger partial charge in [-0.15, -0.1) is 0 Å². The van der Waals surface area contributed by atoms with Gasteiger partial charge in [-0.05, 0) is 0 Å². The number of rotatable bonds is 28. The Hall–Kier alpha value is -2.33. The minimum absolute atomic E-state index is 0. The Morgan fingerprint density at radius 2 is 0.463 bits per heavy atom. The van der Waals surface area contributed by atoms with Crippen LogP contribution < -0.4 is 10.2 Å². The van der Waals surface area contributed by atoms with Crippen LogP contribution in [0.2, 0.25) is 0 Å². The van der Waals surface area contributed by atoms with E-state index in [0.717, 1.165) is 0 Å². The second-order valence-electron chi connectivity index (χ2n) is 13.1. The Bertz CT molecular complexity index is 1270. The molecule has 0 spiro atoms. The Balaban J connectivity index is -0.000000595. The molecule has 0 unspecified atom stereocenters. The Morgan fingerprint density at radius 1 is 0.313 bits per heavy atom. The van der Waals surface area contributed by atoms with Crippen LogP contribution in [0.4, 0.5) is 0 Å². The third kappa shape index (κ3) is 24.4. The summed E-state index contributed by atoms with van der Waals surface area (Å²) in [5.74, 6) is -10.3. The molecule has 37 heteroatoms. The standard InChI is InChI=1S/C18H33BO21.2C6H12O7.Ca/c20-1-4(23)7(26)10(29)13(32)16(35)38-19(39-17(36)14(33)11(30)8(27)5(24)2-21)40-18(37)15(34)12(31)9(28)6(25)3-22;2*7-1-2(8)3(9)4(10)5(11)6(12)13;/h4-15,20-34H,1-3H2;2*2-5,7-11H,1H2,(H,12,13);/q;;;+2/p-2/t4-,5-,6-,7-,8-,9-,10+,11+,12+,13-,14-,15-;2*2-,3-,4+,5-;/m111./s1. The van der Waals surface area contributed by atoms with E-state index in [1.807, 2.05) is 0 Å². The van der Waals surface area contributed by atoms with Gasteiger partial charge in [0.25, 0.3) is 0 Å². The van der Waals surface area contributed by atoms with Crippen LogP contribution in [0.3, 0.4) is 0 Å². The molecular weight excluding hydrogens is 971 g/mol. The maximum absolute atomic E-state index is 12.2. The van der Waals surface area contributed by atoms with E-state index < -0.39 is 192 Å². The molecule has 0 heterocycles. The first-order valence-electron chi connectivity index (χ1n) is 18.0. The minimum atomic E-state index is -3.10. The molecule has 20 atom stereocenters. The average Bonchev–Trinajstić information content (AvgIpc) is 3.31. The van der Waals surface area contributed by atoms with Crippen molar-refractivity contribution < 1.29 is 176 Å². The summed E-state index contributed by atoms with van der Waals surface area (Å²) in [6.07, 6.45) is -46.0. The van der Waals surface area contributed by atoms with Crippen molar-refractivity contribution >= 4 is 74.9 Å². The number of hydrogen-bond acceptors (Lipinski definition) is 35. The van der Waals surface area contributed by atoms with Crippen LogP contribution in [-0.4, -0.2) is 358 Å². The molecular formula is C30H55BCaO35. The number of aliphatic carboxylic acids is 2. The summed E-state index contributed by atoms with van der Waals surface area (Å²) < 4.78 is 12.8. The monoisotopic (exact) mass is 1030 g/mol. The van der Waals surface area contributed by atoms with E-state index in [4.69, 9.17) is 66.4 Å². The van der Waals surface area contributed by atoms with E-state index in [1.165, 1.54) is 0 Å². The first-order chi connectivity index (χ1) is 30.3. The van der Waals surface area contributed by atoms with Crippen molar-refractivity contribution in [3.63, 3.8) is 0 Å². The summed E-state index contributed by atoms with van der Waals surface area (Å²) >= 11 is 0. The molecule has 0 saturated heterocycles. The van der Waals surface area contributed by atoms with Gasteiger partial charge in [0.2, 0.25) is 0 Å². The molecule has 0 amide bonds. The second-order valence-corrected chi connectivity index (χ2v) is 13.1. The van der Waals surface area contributed by atoms with Crippen LogP contribution in [0, 0.1) is 0 Å². The van der Waals surface area contributed by atoms with Crippen LogP contribution >= 0.6 is 0 Å². The van der Waals surface area contributed by atoms with Crippen molar-refractivity contribution in [1.29, 1.82) is 0 Å². The first-order valence-corrected chi connectivity index (χ1v) is 18.0. The number of carbonyl (C=O) groups is 5. The summed E-state index contributed by atoms with van der Waals surface area (Å²) in [6, 6.07) is 0. The predicted octanol–water partition coefficient (Wildman–Crippen LogP) is -21.1. The number of aliphatic hydroxyl groups is 25. The molecule has 25 N–H and O–H groups in total. The van der Waals surface area contributed by atoms with Gasteiger partial charge in [-0.1, -0.05) is 0 Å². The third-order valence-corrected chi connectivity index (χ3v) is 8.12. The third-order valence-electron chi connectivity index (χ3n) is 8.12. The number of carboxylic acids is 2. The van der Waals surface area contributed by atoms with Gasteiger partial charge in [-0.2, -0.15) is 0 Å². The molecule has 0 aliphatic heterocycles. The van der Waals surface area contributed by atoms with Crippen molar-refractivity contribution in [3.05, 3.63) is 0 Å². The number of aliphatic hydroxyl groups excluding tert-OH is 25. The van der Waals surface area contributed by atoms with Gasteiger partial charge in [0.1, 0.15) is 104 Å². The van der Waals surface area contributed by atoms with Gasteiger partial charge < -0.3 is 161 Å². The summed E-state index contributed by atoms with van der Waals surface area (Å²) in [4.78, 5) is 56.4. The fourth-order valence-corrected chi connectivity index (χ4v) is 3.87. The molecule has 0 saturated carbocycles. The molecule has 390 valence electrons. The fraction of sp³-hybridized carbons (Fsp3) is 0.833. The van der Waals surface area contributed by atoms with E-state index in [2.05, 4.69) is 14.0 Å². The van der Waals surface area contributed by atoms with Crippen molar-refractivity contribution in [1.82, 2.24) is 0 Å². The maximum Gasteiger partial charge on any atom is 2.00 e. The molecule has 0 aliphatic rings. The van der Waals surface area contributed by atoms with Crippen molar-refractivity contribution in [2.24, 2.45) is 0 Å². The Morgan fingerprint density at radius 3 is 0.597 bits per heavy atom. The molecule has 0 fully saturated rings. The topological polar surface area (TPSA) is 665 Å². The number of hydrogen-bond donors (Lipinski definition) is 25. The van der Waals surface area contributed by atoms with Crippen LogP contribution in [0.5, 0.6) is 0 Å². The average molecular weight is 1030 g/mol. The van der Waals surface area contributed by atoms with Crippen molar-refractivity contribution in [3.8, 4) is 0 Å². The molecule has 35 nitrogen and oxygen atoms in total. The van der Waals surface area contributed by atoms with Gasteiger partial charge in [0.05, 0.1) is 45.0 Å². The maximum atomic E-state index is 12.2. The van der Waals surface area contributed by atoms with E-state index >= 15 is 0 Å². The summed E-state index contributed by atoms with van der Waals surface area (Å²) in [5.41, 5.74) is 0. The zero-order valence-corrected chi connectivity index (χ0v) is 36.3. The predicted molar refractivity (Wildman–Crippen MR) is 195 cm³/mol. The van der Waals surface area contributed by atoms with E-state index in [1.54, 1.807) is 0 Å². The summed E-state index contributed by atoms with van der Waals surface area (Å²) in [7, 11) is -3.10. The second kappa shape index (κ2) is 35.7. The van der Waals surface area contributed by atoms with Gasteiger partial charge >= 0.3 is 63.0 Å². The van der Waals surface area contributed by atoms with Crippen molar-refractivity contribution in [2.75, 3.05) is 33.0 Å². The Kier molecular flexibility index (Phi) is 38.0. The van der Waals surface area contributed by atoms with Gasteiger partial charge in [-0.3, -0.25) is 14.4 Å². The summed E-state index contributed by atoms with van der Waals surface area (Å²) in [6.45, 7) is -5.21. The number of carboxylic acid groups (broad SMARTS) is 2. The van der Waals surface area contributed by atoms with Crippen LogP contribution in [-0.2, 0) is 37.9 Å². The Labute approximate surface area is 404 Å². The van der Waals surface area contributed by atoms with Crippen LogP contribution in [0.1, 0.15) is 0 Å². The zero-order valence-electron chi connectivity index (χ0n) is 34.1. The first kappa shape index (κ1) is 71.2. The minimum Gasteiger partial charge on any atom is -0.547 e. The van der Waals surface area contributed by atoms with E-state index in [0.29, 0.717) is 0 Å². The smallest absolute Gasteiger partial charge is 0.547 e. The zero-order chi connectivity index (χ0) is 52.7. The van der Waals surface area contributed by atoms with E-state index in [-0.39, 0.29) is 37.7 Å². The van der Waals surface area contributed by atoms with Gasteiger partial charge in [0, 0.05) is 0 Å². The number of carbonyl (C=O) groups excluding carboxylic acids is 5. The summed E-state index contributed by atoms with van der Waals surface area (Å²) in [5, 5.41) is 249. The fourth-order valence-electron chi connectivity index (χ4n) is 3.87. The largest absolute Gasteiger partial charge is 2.00 e. The molecule has 0 aromatic carbocycles. The molecule has 0 aliphatic carbocycles. The van der Waals surface area contributed by atoms with E-state index in [9.17, 15) is 95.5 Å². The molecule has 0 aromatic rings.